The lowest BCUT2D eigenvalue weighted by molar-refractivity contribution is 0.0231. The van der Waals surface area contributed by atoms with Crippen LogP contribution in [-0.4, -0.2) is 48.7 Å². The van der Waals surface area contributed by atoms with Gasteiger partial charge < -0.3 is 20.7 Å². The van der Waals surface area contributed by atoms with Gasteiger partial charge in [0.25, 0.3) is 0 Å². The van der Waals surface area contributed by atoms with Gasteiger partial charge in [-0.15, -0.1) is 24.0 Å². The lowest BCUT2D eigenvalue weighted by atomic mass is 10.1. The van der Waals surface area contributed by atoms with Crippen LogP contribution in [0.25, 0.3) is 0 Å². The highest BCUT2D eigenvalue weighted by Crippen LogP contribution is 2.11. The van der Waals surface area contributed by atoms with Crippen molar-refractivity contribution in [2.24, 2.45) is 16.6 Å². The van der Waals surface area contributed by atoms with Gasteiger partial charge in [0.05, 0.1) is 0 Å². The SMILES string of the molecule is CC(C)CCNC(N)=NCCC(C)N(C)C(=O)OC(C)(C)C.I. The zero-order chi connectivity index (χ0) is 17.3. The first-order valence-electron chi connectivity index (χ1n) is 8.02. The first kappa shape index (κ1) is 24.5. The molecule has 0 fully saturated rings. The zero-order valence-corrected chi connectivity index (χ0v) is 18.0. The Morgan fingerprint density at radius 1 is 1.26 bits per heavy atom. The maximum absolute atomic E-state index is 11.9. The standard InChI is InChI=1S/C16H34N4O2.HI/c1-12(2)8-10-18-14(17)19-11-9-13(3)20(7)15(21)22-16(4,5)6;/h12-13H,8-11H2,1-7H3,(H3,17,18,19);1H. The van der Waals surface area contributed by atoms with Crippen molar-refractivity contribution in [2.45, 2.75) is 66.0 Å². The van der Waals surface area contributed by atoms with Crippen LogP contribution in [0.5, 0.6) is 0 Å². The Labute approximate surface area is 158 Å². The van der Waals surface area contributed by atoms with Crippen LogP contribution in [0.4, 0.5) is 4.79 Å². The maximum atomic E-state index is 11.9. The first-order valence-corrected chi connectivity index (χ1v) is 8.02. The molecule has 0 aliphatic rings. The lowest BCUT2D eigenvalue weighted by Gasteiger charge is -2.28. The number of carbonyl (C=O) groups excluding carboxylic acids is 1. The number of hydrogen-bond acceptors (Lipinski definition) is 3. The fraction of sp³-hybridized carbons (Fsp3) is 0.875. The molecule has 1 unspecified atom stereocenters. The number of aliphatic imine (C=N–C) groups is 1. The van der Waals surface area contributed by atoms with Crippen molar-refractivity contribution in [3.05, 3.63) is 0 Å². The largest absolute Gasteiger partial charge is 0.444 e. The summed E-state index contributed by atoms with van der Waals surface area (Å²) in [4.78, 5) is 17.8. The van der Waals surface area contributed by atoms with Crippen LogP contribution >= 0.6 is 24.0 Å². The maximum Gasteiger partial charge on any atom is 0.410 e. The summed E-state index contributed by atoms with van der Waals surface area (Å²) >= 11 is 0. The molecule has 0 spiro atoms. The molecule has 0 rings (SSSR count). The van der Waals surface area contributed by atoms with Crippen LogP contribution in [-0.2, 0) is 4.74 Å². The van der Waals surface area contributed by atoms with Crippen molar-refractivity contribution in [1.82, 2.24) is 10.2 Å². The number of nitrogens with zero attached hydrogens (tertiary/aromatic N) is 2. The smallest absolute Gasteiger partial charge is 0.410 e. The van der Waals surface area contributed by atoms with E-state index < -0.39 is 5.60 Å². The topological polar surface area (TPSA) is 80.0 Å². The predicted molar refractivity (Wildman–Crippen MR) is 107 cm³/mol. The Hall–Kier alpha value is -0.730. The molecule has 0 aromatic rings. The molecule has 0 aliphatic carbocycles. The average Bonchev–Trinajstić information content (AvgIpc) is 2.35. The summed E-state index contributed by atoms with van der Waals surface area (Å²) in [6.45, 7) is 13.3. The molecule has 0 aliphatic heterocycles. The molecule has 138 valence electrons. The molecule has 23 heavy (non-hydrogen) atoms. The third kappa shape index (κ3) is 13.4. The molecular formula is C16H35IN4O2. The van der Waals surface area contributed by atoms with Gasteiger partial charge in [-0.1, -0.05) is 13.8 Å². The third-order valence-electron chi connectivity index (χ3n) is 3.20. The van der Waals surface area contributed by atoms with Crippen molar-refractivity contribution in [3.8, 4) is 0 Å². The second-order valence-electron chi connectivity index (χ2n) is 7.11. The van der Waals surface area contributed by atoms with Crippen LogP contribution < -0.4 is 11.1 Å². The van der Waals surface area contributed by atoms with E-state index in [1.165, 1.54) is 0 Å². The van der Waals surface area contributed by atoms with Crippen molar-refractivity contribution >= 4 is 36.0 Å². The van der Waals surface area contributed by atoms with Gasteiger partial charge in [-0.25, -0.2) is 4.79 Å². The Kier molecular flexibility index (Phi) is 12.5. The van der Waals surface area contributed by atoms with Crippen molar-refractivity contribution in [2.75, 3.05) is 20.1 Å². The highest BCUT2D eigenvalue weighted by atomic mass is 127. The quantitative estimate of drug-likeness (QED) is 0.361. The van der Waals surface area contributed by atoms with Crippen molar-refractivity contribution in [1.29, 1.82) is 0 Å². The van der Waals surface area contributed by atoms with Gasteiger partial charge in [-0.3, -0.25) is 4.99 Å². The number of ether oxygens (including phenoxy) is 1. The molecule has 0 aromatic carbocycles. The molecule has 1 amide bonds. The molecular weight excluding hydrogens is 407 g/mol. The van der Waals surface area contributed by atoms with Gasteiger partial charge in [0.2, 0.25) is 0 Å². The number of carbonyl (C=O) groups is 1. The minimum atomic E-state index is -0.478. The number of nitrogens with two attached hydrogens (primary N) is 1. The lowest BCUT2D eigenvalue weighted by Crippen LogP contribution is -2.40. The highest BCUT2D eigenvalue weighted by molar-refractivity contribution is 14.0. The van der Waals surface area contributed by atoms with Crippen molar-refractivity contribution < 1.29 is 9.53 Å². The van der Waals surface area contributed by atoms with Crippen LogP contribution in [0.1, 0.15) is 54.4 Å². The molecule has 0 bridgehead atoms. The Morgan fingerprint density at radius 3 is 2.30 bits per heavy atom. The molecule has 0 radical (unpaired) electrons. The number of amides is 1. The molecule has 0 saturated heterocycles. The number of guanidine groups is 1. The monoisotopic (exact) mass is 442 g/mol. The number of nitrogens with one attached hydrogen (secondary N) is 1. The van der Waals surface area contributed by atoms with Gasteiger partial charge in [0, 0.05) is 26.2 Å². The Balaban J connectivity index is 0. The summed E-state index contributed by atoms with van der Waals surface area (Å²) in [6, 6.07) is 0.0436. The van der Waals surface area contributed by atoms with E-state index in [-0.39, 0.29) is 36.1 Å². The molecule has 1 atom stereocenters. The van der Waals surface area contributed by atoms with Crippen LogP contribution in [0, 0.1) is 5.92 Å². The van der Waals surface area contributed by atoms with Gasteiger partial charge in [0.15, 0.2) is 5.96 Å². The summed E-state index contributed by atoms with van der Waals surface area (Å²) in [5.74, 6) is 1.11. The summed E-state index contributed by atoms with van der Waals surface area (Å²) < 4.78 is 5.34. The number of rotatable bonds is 7. The minimum absolute atomic E-state index is 0. The van der Waals surface area contributed by atoms with E-state index >= 15 is 0 Å². The second-order valence-corrected chi connectivity index (χ2v) is 7.11. The van der Waals surface area contributed by atoms with Gasteiger partial charge in [-0.2, -0.15) is 0 Å². The number of halogens is 1. The van der Waals surface area contributed by atoms with E-state index in [9.17, 15) is 4.79 Å². The summed E-state index contributed by atoms with van der Waals surface area (Å²) in [6.07, 6.45) is 1.49. The fourth-order valence-corrected chi connectivity index (χ4v) is 1.62. The summed E-state index contributed by atoms with van der Waals surface area (Å²) in [5.41, 5.74) is 5.32. The Morgan fingerprint density at radius 2 is 1.83 bits per heavy atom. The fourth-order valence-electron chi connectivity index (χ4n) is 1.62. The minimum Gasteiger partial charge on any atom is -0.444 e. The first-order chi connectivity index (χ1) is 10.0. The van der Waals surface area contributed by atoms with Crippen molar-refractivity contribution in [3.63, 3.8) is 0 Å². The molecule has 3 N–H and O–H groups in total. The normalized spacial score (nSPS) is 13.3. The predicted octanol–water partition coefficient (Wildman–Crippen LogP) is 3.20. The van der Waals surface area contributed by atoms with Gasteiger partial charge >= 0.3 is 6.09 Å². The molecule has 6 nitrogen and oxygen atoms in total. The van der Waals surface area contributed by atoms with E-state index in [1.54, 1.807) is 11.9 Å². The van der Waals surface area contributed by atoms with Gasteiger partial charge in [-0.05, 0) is 46.5 Å². The van der Waals surface area contributed by atoms with E-state index in [2.05, 4.69) is 24.2 Å². The third-order valence-corrected chi connectivity index (χ3v) is 3.20. The van der Waals surface area contributed by atoms with Crippen LogP contribution in [0.2, 0.25) is 0 Å². The molecule has 0 saturated carbocycles. The number of hydrogen-bond donors (Lipinski definition) is 2. The zero-order valence-electron chi connectivity index (χ0n) is 15.7. The second kappa shape index (κ2) is 11.8. The van der Waals surface area contributed by atoms with Crippen LogP contribution in [0.15, 0.2) is 4.99 Å². The molecule has 0 heterocycles. The summed E-state index contributed by atoms with van der Waals surface area (Å²) in [7, 11) is 1.74. The molecule has 7 heteroatoms. The molecule has 0 aromatic heterocycles. The van der Waals surface area contributed by atoms with Crippen LogP contribution in [0.3, 0.4) is 0 Å². The van der Waals surface area contributed by atoms with E-state index in [1.807, 2.05) is 27.7 Å². The van der Waals surface area contributed by atoms with E-state index in [0.717, 1.165) is 19.4 Å². The Bertz CT molecular complexity index is 368. The average molecular weight is 442 g/mol. The van der Waals surface area contributed by atoms with Gasteiger partial charge in [0.1, 0.15) is 5.60 Å². The highest BCUT2D eigenvalue weighted by Gasteiger charge is 2.22. The van der Waals surface area contributed by atoms with E-state index in [0.29, 0.717) is 18.4 Å². The van der Waals surface area contributed by atoms with E-state index in [4.69, 9.17) is 10.5 Å². The summed E-state index contributed by atoms with van der Waals surface area (Å²) in [5, 5.41) is 3.09.